The van der Waals surface area contributed by atoms with Crippen LogP contribution in [0.25, 0.3) is 0 Å². The molecule has 1 saturated heterocycles. The van der Waals surface area contributed by atoms with E-state index >= 15 is 0 Å². The number of hydrogen-bond donors (Lipinski definition) is 1. The van der Waals surface area contributed by atoms with Crippen molar-refractivity contribution in [2.45, 2.75) is 31.8 Å². The van der Waals surface area contributed by atoms with Gasteiger partial charge in [0.05, 0.1) is 12.6 Å². The summed E-state index contributed by atoms with van der Waals surface area (Å²) in [5.41, 5.74) is 6.58. The van der Waals surface area contributed by atoms with Gasteiger partial charge < -0.3 is 20.1 Å². The van der Waals surface area contributed by atoms with E-state index in [1.165, 1.54) is 0 Å². The molecule has 22 heavy (non-hydrogen) atoms. The second kappa shape index (κ2) is 8.36. The molecule has 0 bridgehead atoms. The molecule has 0 radical (unpaired) electrons. The number of nitrogens with two attached hydrogens (primary N) is 1. The smallest absolute Gasteiger partial charge is 0.243 e. The maximum atomic E-state index is 12.7. The number of carbonyl (C=O) groups is 1. The quantitative estimate of drug-likeness (QED) is 0.897. The number of benzene rings is 1. The first kappa shape index (κ1) is 18.7. The molecule has 1 aromatic carbocycles. The van der Waals surface area contributed by atoms with Crippen molar-refractivity contribution in [3.8, 4) is 5.75 Å². The van der Waals surface area contributed by atoms with Crippen molar-refractivity contribution in [2.24, 2.45) is 5.73 Å². The molecule has 1 amide bonds. The molecular weight excluding hydrogens is 304 g/mol. The van der Waals surface area contributed by atoms with Gasteiger partial charge in [0, 0.05) is 26.3 Å². The summed E-state index contributed by atoms with van der Waals surface area (Å²) in [6.45, 7) is 4.30. The van der Waals surface area contributed by atoms with Gasteiger partial charge in [-0.2, -0.15) is 0 Å². The SMILES string of the molecule is CCN(Cc1ccc(OC)cc1)C(=O)C1(N)CCOCC1.Cl. The highest BCUT2D eigenvalue weighted by atomic mass is 35.5. The summed E-state index contributed by atoms with van der Waals surface area (Å²) in [7, 11) is 1.64. The summed E-state index contributed by atoms with van der Waals surface area (Å²) >= 11 is 0. The van der Waals surface area contributed by atoms with E-state index in [-0.39, 0.29) is 18.3 Å². The van der Waals surface area contributed by atoms with Crippen LogP contribution in [0, 0.1) is 0 Å². The molecule has 0 aliphatic carbocycles. The molecule has 1 aromatic rings. The van der Waals surface area contributed by atoms with Crippen molar-refractivity contribution < 1.29 is 14.3 Å². The third-order valence-electron chi connectivity index (χ3n) is 4.01. The lowest BCUT2D eigenvalue weighted by Gasteiger charge is -2.36. The van der Waals surface area contributed by atoms with Gasteiger partial charge in [0.1, 0.15) is 5.75 Å². The van der Waals surface area contributed by atoms with Crippen LogP contribution < -0.4 is 10.5 Å². The summed E-state index contributed by atoms with van der Waals surface area (Å²) in [4.78, 5) is 14.5. The molecule has 0 atom stereocenters. The molecule has 124 valence electrons. The number of hydrogen-bond acceptors (Lipinski definition) is 4. The number of rotatable bonds is 5. The average molecular weight is 329 g/mol. The van der Waals surface area contributed by atoms with E-state index in [9.17, 15) is 4.79 Å². The van der Waals surface area contributed by atoms with Gasteiger partial charge >= 0.3 is 0 Å². The molecule has 0 aromatic heterocycles. The molecular formula is C16H25ClN2O3. The molecule has 5 nitrogen and oxygen atoms in total. The lowest BCUT2D eigenvalue weighted by molar-refractivity contribution is -0.141. The summed E-state index contributed by atoms with van der Waals surface area (Å²) in [6.07, 6.45) is 1.18. The fourth-order valence-electron chi connectivity index (χ4n) is 2.54. The lowest BCUT2D eigenvalue weighted by atomic mass is 9.89. The number of likely N-dealkylation sites (N-methyl/N-ethyl adjacent to an activating group) is 1. The predicted octanol–water partition coefficient (Wildman–Crippen LogP) is 1.97. The minimum absolute atomic E-state index is 0. The van der Waals surface area contributed by atoms with Crippen LogP contribution in [0.3, 0.4) is 0 Å². The average Bonchev–Trinajstić information content (AvgIpc) is 2.53. The van der Waals surface area contributed by atoms with Gasteiger partial charge in [0.15, 0.2) is 0 Å². The van der Waals surface area contributed by atoms with Gasteiger partial charge in [-0.25, -0.2) is 0 Å². The Morgan fingerprint density at radius 1 is 1.32 bits per heavy atom. The summed E-state index contributed by atoms with van der Waals surface area (Å²) in [5.74, 6) is 0.831. The Labute approximate surface area is 138 Å². The predicted molar refractivity (Wildman–Crippen MR) is 88.3 cm³/mol. The number of ether oxygens (including phenoxy) is 2. The number of methoxy groups -OCH3 is 1. The molecule has 0 saturated carbocycles. The summed E-state index contributed by atoms with van der Waals surface area (Å²) in [5, 5.41) is 0. The maximum absolute atomic E-state index is 12.7. The highest BCUT2D eigenvalue weighted by Crippen LogP contribution is 2.22. The zero-order valence-corrected chi connectivity index (χ0v) is 14.0. The van der Waals surface area contributed by atoms with Crippen molar-refractivity contribution in [1.82, 2.24) is 4.90 Å². The van der Waals surface area contributed by atoms with Crippen molar-refractivity contribution in [1.29, 1.82) is 0 Å². The van der Waals surface area contributed by atoms with Crippen LogP contribution >= 0.6 is 12.4 Å². The Morgan fingerprint density at radius 2 is 1.91 bits per heavy atom. The van der Waals surface area contributed by atoms with Gasteiger partial charge in [-0.3, -0.25) is 4.79 Å². The fraction of sp³-hybridized carbons (Fsp3) is 0.562. The second-order valence-corrected chi connectivity index (χ2v) is 5.44. The Kier molecular flexibility index (Phi) is 7.13. The molecule has 1 heterocycles. The molecule has 2 N–H and O–H groups in total. The topological polar surface area (TPSA) is 64.8 Å². The van der Waals surface area contributed by atoms with E-state index in [0.29, 0.717) is 39.1 Å². The number of carbonyl (C=O) groups excluding carboxylic acids is 1. The van der Waals surface area contributed by atoms with Gasteiger partial charge in [-0.1, -0.05) is 12.1 Å². The third kappa shape index (κ3) is 4.35. The Bertz CT molecular complexity index is 473. The monoisotopic (exact) mass is 328 g/mol. The van der Waals surface area contributed by atoms with Gasteiger partial charge in [-0.05, 0) is 37.5 Å². The van der Waals surface area contributed by atoms with E-state index in [1.54, 1.807) is 7.11 Å². The Morgan fingerprint density at radius 3 is 2.41 bits per heavy atom. The van der Waals surface area contributed by atoms with E-state index < -0.39 is 5.54 Å². The highest BCUT2D eigenvalue weighted by Gasteiger charge is 2.38. The van der Waals surface area contributed by atoms with Gasteiger partial charge in [-0.15, -0.1) is 12.4 Å². The van der Waals surface area contributed by atoms with Crippen LogP contribution in [0.15, 0.2) is 24.3 Å². The Hall–Kier alpha value is -1.30. The zero-order valence-electron chi connectivity index (χ0n) is 13.2. The van der Waals surface area contributed by atoms with Crippen LogP contribution in [0.5, 0.6) is 5.75 Å². The molecule has 0 unspecified atom stereocenters. The Balaban J connectivity index is 0.00000242. The fourth-order valence-corrected chi connectivity index (χ4v) is 2.54. The molecule has 1 aliphatic rings. The van der Waals surface area contributed by atoms with E-state index in [1.807, 2.05) is 36.1 Å². The van der Waals surface area contributed by atoms with Crippen LogP contribution in [0.1, 0.15) is 25.3 Å². The normalized spacial score (nSPS) is 16.5. The number of nitrogens with zero attached hydrogens (tertiary/aromatic N) is 1. The van der Waals surface area contributed by atoms with Crippen LogP contribution in [0.4, 0.5) is 0 Å². The van der Waals surface area contributed by atoms with Crippen molar-refractivity contribution in [3.05, 3.63) is 29.8 Å². The zero-order chi connectivity index (χ0) is 15.3. The summed E-state index contributed by atoms with van der Waals surface area (Å²) in [6, 6.07) is 7.75. The van der Waals surface area contributed by atoms with Gasteiger partial charge in [0.2, 0.25) is 5.91 Å². The first-order valence-corrected chi connectivity index (χ1v) is 7.38. The first-order valence-electron chi connectivity index (χ1n) is 7.38. The molecule has 6 heteroatoms. The first-order chi connectivity index (χ1) is 10.1. The van der Waals surface area contributed by atoms with E-state index in [2.05, 4.69) is 0 Å². The van der Waals surface area contributed by atoms with Crippen molar-refractivity contribution in [3.63, 3.8) is 0 Å². The highest BCUT2D eigenvalue weighted by molar-refractivity contribution is 5.86. The van der Waals surface area contributed by atoms with Crippen LogP contribution in [-0.2, 0) is 16.1 Å². The molecule has 1 aliphatic heterocycles. The largest absolute Gasteiger partial charge is 0.497 e. The van der Waals surface area contributed by atoms with Crippen molar-refractivity contribution in [2.75, 3.05) is 26.9 Å². The van der Waals surface area contributed by atoms with E-state index in [0.717, 1.165) is 11.3 Å². The minimum Gasteiger partial charge on any atom is -0.497 e. The molecule has 1 fully saturated rings. The van der Waals surface area contributed by atoms with Crippen LogP contribution in [-0.4, -0.2) is 43.2 Å². The second-order valence-electron chi connectivity index (χ2n) is 5.44. The third-order valence-corrected chi connectivity index (χ3v) is 4.01. The molecule has 0 spiro atoms. The summed E-state index contributed by atoms with van der Waals surface area (Å²) < 4.78 is 10.5. The van der Waals surface area contributed by atoms with Crippen molar-refractivity contribution >= 4 is 18.3 Å². The maximum Gasteiger partial charge on any atom is 0.243 e. The number of halogens is 1. The standard InChI is InChI=1S/C16H24N2O3.ClH/c1-3-18(12-13-4-6-14(20-2)7-5-13)15(19)16(17)8-10-21-11-9-16;/h4-7H,3,8-12,17H2,1-2H3;1H. The lowest BCUT2D eigenvalue weighted by Crippen LogP contribution is -2.57. The van der Waals surface area contributed by atoms with E-state index in [4.69, 9.17) is 15.2 Å². The number of amides is 1. The van der Waals surface area contributed by atoms with Gasteiger partial charge in [0.25, 0.3) is 0 Å². The van der Waals surface area contributed by atoms with Crippen LogP contribution in [0.2, 0.25) is 0 Å². The minimum atomic E-state index is -0.777. The molecule has 2 rings (SSSR count).